The summed E-state index contributed by atoms with van der Waals surface area (Å²) >= 11 is 0. The number of hydrogen-bond acceptors (Lipinski definition) is 5. The molecule has 0 aromatic heterocycles. The molecule has 1 aliphatic rings. The normalized spacial score (nSPS) is 15.9. The number of rotatable bonds is 13. The van der Waals surface area contributed by atoms with Crippen molar-refractivity contribution in [3.8, 4) is 0 Å². The maximum atomic E-state index is 13.6. The molecule has 1 saturated carbocycles. The van der Waals surface area contributed by atoms with E-state index in [0.717, 1.165) is 43.5 Å². The number of esters is 1. The van der Waals surface area contributed by atoms with Gasteiger partial charge in [-0.1, -0.05) is 76.8 Å². The SMILES string of the molecule is CCCCC(CC(C)C)C(=O)N([C@H](C(=O)OCC1CCCC1)c1ccccc1)N(O)C=O. The highest BCUT2D eigenvalue weighted by Crippen LogP contribution is 2.30. The molecule has 7 nitrogen and oxygen atoms in total. The van der Waals surface area contributed by atoms with Gasteiger partial charge < -0.3 is 4.74 Å². The lowest BCUT2D eigenvalue weighted by Crippen LogP contribution is -2.51. The topological polar surface area (TPSA) is 87.2 Å². The Labute approximate surface area is 191 Å². The van der Waals surface area contributed by atoms with Gasteiger partial charge in [0.15, 0.2) is 6.04 Å². The molecule has 2 amide bonds. The highest BCUT2D eigenvalue weighted by Gasteiger charge is 2.39. The predicted molar refractivity (Wildman–Crippen MR) is 121 cm³/mol. The Morgan fingerprint density at radius 1 is 1.19 bits per heavy atom. The quantitative estimate of drug-likeness (QED) is 0.201. The van der Waals surface area contributed by atoms with Crippen LogP contribution in [0.25, 0.3) is 0 Å². The summed E-state index contributed by atoms with van der Waals surface area (Å²) in [5.74, 6) is -0.951. The van der Waals surface area contributed by atoms with Crippen molar-refractivity contribution in [2.75, 3.05) is 6.61 Å². The lowest BCUT2D eigenvalue weighted by Gasteiger charge is -2.36. The molecule has 0 radical (unpaired) electrons. The number of carbonyl (C=O) groups is 3. The molecule has 0 aliphatic heterocycles. The van der Waals surface area contributed by atoms with Gasteiger partial charge >= 0.3 is 5.97 Å². The number of ether oxygens (including phenoxy) is 1. The molecule has 1 N–H and O–H groups in total. The monoisotopic (exact) mass is 446 g/mol. The molecule has 178 valence electrons. The number of nitrogens with zero attached hydrogens (tertiary/aromatic N) is 2. The summed E-state index contributed by atoms with van der Waals surface area (Å²) in [5, 5.41) is 11.5. The van der Waals surface area contributed by atoms with E-state index in [1.165, 1.54) is 0 Å². The van der Waals surface area contributed by atoms with E-state index in [1.807, 2.05) is 20.8 Å². The minimum Gasteiger partial charge on any atom is -0.464 e. The van der Waals surface area contributed by atoms with Crippen molar-refractivity contribution in [1.82, 2.24) is 10.2 Å². The van der Waals surface area contributed by atoms with Gasteiger partial charge in [0.05, 0.1) is 6.61 Å². The molecule has 0 heterocycles. The largest absolute Gasteiger partial charge is 0.464 e. The molecule has 1 aromatic rings. The van der Waals surface area contributed by atoms with Crippen molar-refractivity contribution in [2.24, 2.45) is 17.8 Å². The third-order valence-corrected chi connectivity index (χ3v) is 6.07. The summed E-state index contributed by atoms with van der Waals surface area (Å²) in [6.45, 7) is 6.38. The number of hydroxylamine groups is 1. The Hall–Kier alpha value is -2.41. The van der Waals surface area contributed by atoms with E-state index in [1.54, 1.807) is 30.3 Å². The number of hydrogen-bond donors (Lipinski definition) is 1. The van der Waals surface area contributed by atoms with Gasteiger partial charge in [0.1, 0.15) is 0 Å². The zero-order valence-electron chi connectivity index (χ0n) is 19.6. The van der Waals surface area contributed by atoms with Gasteiger partial charge in [0, 0.05) is 5.92 Å². The van der Waals surface area contributed by atoms with Gasteiger partial charge in [-0.2, -0.15) is 0 Å². The number of hydrazine groups is 1. The van der Waals surface area contributed by atoms with Gasteiger partial charge in [-0.25, -0.2) is 9.80 Å². The molecule has 1 aliphatic carbocycles. The number of unbranched alkanes of at least 4 members (excludes halogenated alkanes) is 1. The Morgan fingerprint density at radius 2 is 1.84 bits per heavy atom. The van der Waals surface area contributed by atoms with Crippen molar-refractivity contribution in [3.05, 3.63) is 35.9 Å². The van der Waals surface area contributed by atoms with E-state index in [0.29, 0.717) is 24.3 Å². The van der Waals surface area contributed by atoms with Crippen LogP contribution in [0.2, 0.25) is 0 Å². The van der Waals surface area contributed by atoms with E-state index >= 15 is 0 Å². The van der Waals surface area contributed by atoms with Crippen LogP contribution in [0.15, 0.2) is 30.3 Å². The van der Waals surface area contributed by atoms with E-state index in [4.69, 9.17) is 4.74 Å². The Balaban J connectivity index is 2.37. The molecule has 1 fully saturated rings. The summed E-state index contributed by atoms with van der Waals surface area (Å²) in [4.78, 5) is 38.4. The van der Waals surface area contributed by atoms with Crippen molar-refractivity contribution in [1.29, 1.82) is 0 Å². The maximum absolute atomic E-state index is 13.6. The first-order valence-electron chi connectivity index (χ1n) is 11.9. The van der Waals surface area contributed by atoms with Crippen LogP contribution < -0.4 is 0 Å². The van der Waals surface area contributed by atoms with Gasteiger partial charge in [-0.3, -0.25) is 14.8 Å². The van der Waals surface area contributed by atoms with Gasteiger partial charge in [-0.05, 0) is 43.1 Å². The van der Waals surface area contributed by atoms with E-state index < -0.39 is 23.8 Å². The number of benzene rings is 1. The Bertz CT molecular complexity index is 718. The lowest BCUT2D eigenvalue weighted by molar-refractivity contribution is -0.241. The standard InChI is InChI=1S/C25H38N2O5/c1-4-5-13-22(16-19(2)3)24(29)27(26(31)18-28)23(21-14-7-6-8-15-21)25(30)32-17-20-11-9-10-12-20/h6-8,14-15,18-20,22-23,31H,4-5,9-13,16-17H2,1-3H3/t22?,23-/m0/s1. The second kappa shape index (κ2) is 13.2. The summed E-state index contributed by atoms with van der Waals surface area (Å²) in [6, 6.07) is 7.46. The van der Waals surface area contributed by atoms with Gasteiger partial charge in [-0.15, -0.1) is 5.17 Å². The van der Waals surface area contributed by atoms with Gasteiger partial charge in [0.25, 0.3) is 6.41 Å². The van der Waals surface area contributed by atoms with E-state index in [9.17, 15) is 19.6 Å². The highest BCUT2D eigenvalue weighted by atomic mass is 16.6. The van der Waals surface area contributed by atoms with Crippen LogP contribution in [-0.2, 0) is 19.1 Å². The summed E-state index contributed by atoms with van der Waals surface area (Å²) < 4.78 is 5.62. The molecule has 0 bridgehead atoms. The summed E-state index contributed by atoms with van der Waals surface area (Å²) in [5.41, 5.74) is 0.483. The third-order valence-electron chi connectivity index (χ3n) is 6.07. The molecule has 1 aromatic carbocycles. The Morgan fingerprint density at radius 3 is 2.41 bits per heavy atom. The van der Waals surface area contributed by atoms with Crippen LogP contribution in [0.4, 0.5) is 0 Å². The fraction of sp³-hybridized carbons (Fsp3) is 0.640. The van der Waals surface area contributed by atoms with Crippen molar-refractivity contribution < 1.29 is 24.3 Å². The van der Waals surface area contributed by atoms with E-state index in [2.05, 4.69) is 0 Å². The molecule has 0 saturated heterocycles. The summed E-state index contributed by atoms with van der Waals surface area (Å²) in [7, 11) is 0. The number of carbonyl (C=O) groups excluding carboxylic acids is 3. The second-order valence-electron chi connectivity index (χ2n) is 9.17. The second-order valence-corrected chi connectivity index (χ2v) is 9.17. The fourth-order valence-electron chi connectivity index (χ4n) is 4.41. The maximum Gasteiger partial charge on any atom is 0.335 e. The van der Waals surface area contributed by atoms with Crippen molar-refractivity contribution in [2.45, 2.75) is 78.2 Å². The van der Waals surface area contributed by atoms with E-state index in [-0.39, 0.29) is 24.1 Å². The van der Waals surface area contributed by atoms with Crippen LogP contribution in [0.5, 0.6) is 0 Å². The van der Waals surface area contributed by atoms with Crippen LogP contribution in [0.1, 0.15) is 83.7 Å². The third kappa shape index (κ3) is 7.33. The zero-order chi connectivity index (χ0) is 23.5. The Kier molecular flexibility index (Phi) is 10.7. The molecular formula is C25H38N2O5. The average Bonchev–Trinajstić information content (AvgIpc) is 3.31. The molecule has 2 atom stereocenters. The van der Waals surface area contributed by atoms with Crippen LogP contribution in [-0.4, -0.2) is 40.3 Å². The van der Waals surface area contributed by atoms with Gasteiger partial charge in [0.2, 0.25) is 5.91 Å². The predicted octanol–water partition coefficient (Wildman–Crippen LogP) is 4.90. The number of amides is 2. The molecule has 0 spiro atoms. The van der Waals surface area contributed by atoms with Crippen LogP contribution in [0, 0.1) is 17.8 Å². The first-order valence-corrected chi connectivity index (χ1v) is 11.9. The smallest absolute Gasteiger partial charge is 0.335 e. The molecule has 7 heteroatoms. The minimum atomic E-state index is -1.24. The minimum absolute atomic E-state index is 0.143. The highest BCUT2D eigenvalue weighted by molar-refractivity contribution is 5.87. The zero-order valence-corrected chi connectivity index (χ0v) is 19.6. The van der Waals surface area contributed by atoms with Crippen molar-refractivity contribution >= 4 is 18.3 Å². The fourth-order valence-corrected chi connectivity index (χ4v) is 4.41. The van der Waals surface area contributed by atoms with Crippen molar-refractivity contribution in [3.63, 3.8) is 0 Å². The first-order chi connectivity index (χ1) is 15.4. The lowest BCUT2D eigenvalue weighted by atomic mass is 9.90. The molecule has 1 unspecified atom stereocenters. The first kappa shape index (κ1) is 25.8. The van der Waals surface area contributed by atoms with Crippen LogP contribution >= 0.6 is 0 Å². The molecule has 32 heavy (non-hydrogen) atoms. The van der Waals surface area contributed by atoms with Crippen LogP contribution in [0.3, 0.4) is 0 Å². The molecular weight excluding hydrogens is 408 g/mol. The summed E-state index contributed by atoms with van der Waals surface area (Å²) in [6.07, 6.45) is 7.40. The average molecular weight is 447 g/mol. The molecule has 2 rings (SSSR count).